The lowest BCUT2D eigenvalue weighted by molar-refractivity contribution is -0.122. The van der Waals surface area contributed by atoms with Crippen LogP contribution in [0.15, 0.2) is 0 Å². The minimum absolute atomic E-state index is 0.0711. The Kier molecular flexibility index (Phi) is 4.92. The molecule has 21 heavy (non-hydrogen) atoms. The number of hydrogen-bond acceptors (Lipinski definition) is 3. The van der Waals surface area contributed by atoms with E-state index < -0.39 is 0 Å². The highest BCUT2D eigenvalue weighted by Gasteiger charge is 2.47. The van der Waals surface area contributed by atoms with Gasteiger partial charge < -0.3 is 15.2 Å². The normalized spacial score (nSPS) is 33.7. The van der Waals surface area contributed by atoms with Crippen molar-refractivity contribution in [2.75, 3.05) is 13.7 Å². The molecule has 2 atom stereocenters. The standard InChI is InChI=1S/C18H33NO2/c1-20-18(11-4-2-3-5-12-18)16(19)15-8-13-21-17(14-15)9-6-7-10-17/h15-16H,2-14,19H2,1H3. The topological polar surface area (TPSA) is 44.5 Å². The van der Waals surface area contributed by atoms with Crippen LogP contribution >= 0.6 is 0 Å². The molecule has 122 valence electrons. The van der Waals surface area contributed by atoms with Crippen molar-refractivity contribution in [1.29, 1.82) is 0 Å². The van der Waals surface area contributed by atoms with Crippen LogP contribution in [-0.2, 0) is 9.47 Å². The highest BCUT2D eigenvalue weighted by Crippen LogP contribution is 2.45. The van der Waals surface area contributed by atoms with Crippen LogP contribution in [0.25, 0.3) is 0 Å². The SMILES string of the molecule is COC1(C(N)C2CCOC3(CCCC3)C2)CCCCCC1. The lowest BCUT2D eigenvalue weighted by atomic mass is 9.73. The summed E-state index contributed by atoms with van der Waals surface area (Å²) >= 11 is 0. The fourth-order valence-corrected chi connectivity index (χ4v) is 5.17. The van der Waals surface area contributed by atoms with Crippen LogP contribution in [0.3, 0.4) is 0 Å². The zero-order chi connectivity index (χ0) is 14.8. The first-order valence-corrected chi connectivity index (χ1v) is 9.14. The van der Waals surface area contributed by atoms with Crippen molar-refractivity contribution in [3.05, 3.63) is 0 Å². The van der Waals surface area contributed by atoms with E-state index in [1.54, 1.807) is 0 Å². The lowest BCUT2D eigenvalue weighted by Gasteiger charge is -2.46. The summed E-state index contributed by atoms with van der Waals surface area (Å²) < 4.78 is 12.2. The molecule has 0 radical (unpaired) electrons. The zero-order valence-corrected chi connectivity index (χ0v) is 13.7. The van der Waals surface area contributed by atoms with Gasteiger partial charge in [0.05, 0.1) is 11.2 Å². The van der Waals surface area contributed by atoms with E-state index >= 15 is 0 Å². The minimum Gasteiger partial charge on any atom is -0.377 e. The van der Waals surface area contributed by atoms with Crippen molar-refractivity contribution in [2.24, 2.45) is 11.7 Å². The second kappa shape index (κ2) is 6.55. The molecule has 3 nitrogen and oxygen atoms in total. The van der Waals surface area contributed by atoms with Gasteiger partial charge in [-0.1, -0.05) is 38.5 Å². The van der Waals surface area contributed by atoms with Crippen LogP contribution in [0.1, 0.15) is 77.0 Å². The van der Waals surface area contributed by atoms with Crippen molar-refractivity contribution in [3.8, 4) is 0 Å². The number of hydrogen-bond donors (Lipinski definition) is 1. The van der Waals surface area contributed by atoms with Crippen LogP contribution in [-0.4, -0.2) is 31.0 Å². The molecule has 0 amide bonds. The Labute approximate surface area is 129 Å². The van der Waals surface area contributed by atoms with Gasteiger partial charge in [0.25, 0.3) is 0 Å². The summed E-state index contributed by atoms with van der Waals surface area (Å²) in [4.78, 5) is 0. The molecule has 2 saturated carbocycles. The van der Waals surface area contributed by atoms with Crippen molar-refractivity contribution in [3.63, 3.8) is 0 Å². The molecule has 1 heterocycles. The molecule has 1 saturated heterocycles. The molecule has 1 aliphatic heterocycles. The van der Waals surface area contributed by atoms with E-state index in [1.165, 1.54) is 57.8 Å². The summed E-state index contributed by atoms with van der Waals surface area (Å²) in [6, 6.07) is 0.182. The first-order valence-electron chi connectivity index (χ1n) is 9.14. The molecule has 0 aromatic carbocycles. The summed E-state index contributed by atoms with van der Waals surface area (Å²) in [5.74, 6) is 0.579. The molecule has 2 unspecified atom stereocenters. The third-order valence-electron chi connectivity index (χ3n) is 6.52. The van der Waals surface area contributed by atoms with E-state index in [1.807, 2.05) is 7.11 Å². The molecule has 3 fully saturated rings. The number of ether oxygens (including phenoxy) is 2. The van der Waals surface area contributed by atoms with Gasteiger partial charge in [-0.3, -0.25) is 0 Å². The van der Waals surface area contributed by atoms with E-state index in [0.29, 0.717) is 5.92 Å². The average molecular weight is 295 g/mol. The summed E-state index contributed by atoms with van der Waals surface area (Å²) in [6.07, 6.45) is 15.0. The van der Waals surface area contributed by atoms with Gasteiger partial charge >= 0.3 is 0 Å². The zero-order valence-electron chi connectivity index (χ0n) is 13.7. The second-order valence-electron chi connectivity index (χ2n) is 7.70. The molecule has 0 aromatic rings. The third kappa shape index (κ3) is 3.16. The molecular weight excluding hydrogens is 262 g/mol. The van der Waals surface area contributed by atoms with E-state index in [2.05, 4.69) is 0 Å². The predicted molar refractivity (Wildman–Crippen MR) is 85.3 cm³/mol. The van der Waals surface area contributed by atoms with Gasteiger partial charge in [-0.05, 0) is 44.4 Å². The molecule has 1 spiro atoms. The maximum absolute atomic E-state index is 6.81. The van der Waals surface area contributed by atoms with E-state index in [9.17, 15) is 0 Å². The first kappa shape index (κ1) is 15.8. The average Bonchev–Trinajstić information content (AvgIpc) is 2.82. The molecule has 2 aliphatic carbocycles. The Balaban J connectivity index is 1.71. The number of methoxy groups -OCH3 is 1. The smallest absolute Gasteiger partial charge is 0.0831 e. The fourth-order valence-electron chi connectivity index (χ4n) is 5.17. The van der Waals surface area contributed by atoms with Gasteiger partial charge in [0.15, 0.2) is 0 Å². The predicted octanol–water partition coefficient (Wildman–Crippen LogP) is 3.79. The van der Waals surface area contributed by atoms with Crippen LogP contribution in [0.2, 0.25) is 0 Å². The van der Waals surface area contributed by atoms with Crippen molar-refractivity contribution in [2.45, 2.75) is 94.3 Å². The van der Waals surface area contributed by atoms with E-state index in [-0.39, 0.29) is 17.2 Å². The Hall–Kier alpha value is -0.120. The van der Waals surface area contributed by atoms with Crippen LogP contribution in [0.5, 0.6) is 0 Å². The molecular formula is C18H33NO2. The third-order valence-corrected chi connectivity index (χ3v) is 6.52. The van der Waals surface area contributed by atoms with E-state index in [0.717, 1.165) is 25.9 Å². The fraction of sp³-hybridized carbons (Fsp3) is 1.00. The lowest BCUT2D eigenvalue weighted by Crippen LogP contribution is -2.56. The monoisotopic (exact) mass is 295 g/mol. The van der Waals surface area contributed by atoms with Gasteiger partial charge in [-0.2, -0.15) is 0 Å². The summed E-state index contributed by atoms with van der Waals surface area (Å²) in [5, 5.41) is 0. The van der Waals surface area contributed by atoms with Gasteiger partial charge in [0.2, 0.25) is 0 Å². The Bertz CT molecular complexity index is 330. The van der Waals surface area contributed by atoms with Crippen molar-refractivity contribution >= 4 is 0 Å². The Morgan fingerprint density at radius 1 is 1.00 bits per heavy atom. The largest absolute Gasteiger partial charge is 0.377 e. The highest BCUT2D eigenvalue weighted by molar-refractivity contribution is 5.01. The molecule has 0 bridgehead atoms. The number of rotatable bonds is 3. The summed E-state index contributed by atoms with van der Waals surface area (Å²) in [5.41, 5.74) is 6.90. The molecule has 2 N–H and O–H groups in total. The van der Waals surface area contributed by atoms with Gasteiger partial charge in [-0.15, -0.1) is 0 Å². The molecule has 3 rings (SSSR count). The van der Waals surface area contributed by atoms with Gasteiger partial charge in [0, 0.05) is 19.8 Å². The van der Waals surface area contributed by atoms with Gasteiger partial charge in [0.1, 0.15) is 0 Å². The number of nitrogens with two attached hydrogens (primary N) is 1. The maximum Gasteiger partial charge on any atom is 0.0831 e. The van der Waals surface area contributed by atoms with Crippen LogP contribution in [0, 0.1) is 5.92 Å². The first-order chi connectivity index (χ1) is 10.2. The Morgan fingerprint density at radius 3 is 2.24 bits per heavy atom. The summed E-state index contributed by atoms with van der Waals surface area (Å²) in [6.45, 7) is 0.901. The molecule has 0 aromatic heterocycles. The molecule has 3 heteroatoms. The van der Waals surface area contributed by atoms with E-state index in [4.69, 9.17) is 15.2 Å². The van der Waals surface area contributed by atoms with Crippen molar-refractivity contribution in [1.82, 2.24) is 0 Å². The quantitative estimate of drug-likeness (QED) is 0.806. The maximum atomic E-state index is 6.81. The summed E-state index contributed by atoms with van der Waals surface area (Å²) in [7, 11) is 1.88. The molecule has 3 aliphatic rings. The van der Waals surface area contributed by atoms with Crippen molar-refractivity contribution < 1.29 is 9.47 Å². The van der Waals surface area contributed by atoms with Crippen LogP contribution < -0.4 is 5.73 Å². The highest BCUT2D eigenvalue weighted by atomic mass is 16.5. The minimum atomic E-state index is -0.0711. The Morgan fingerprint density at radius 2 is 1.62 bits per heavy atom. The van der Waals surface area contributed by atoms with Gasteiger partial charge in [-0.25, -0.2) is 0 Å². The van der Waals surface area contributed by atoms with Crippen LogP contribution in [0.4, 0.5) is 0 Å². The second-order valence-corrected chi connectivity index (χ2v) is 7.70.